The SMILES string of the molecule is CC(=O)c1ccc(Nc2ccccc2C(=O)[O-])c([N+](=O)[O-])c1. The Labute approximate surface area is 125 Å². The number of carboxylic acids is 1. The van der Waals surface area contributed by atoms with Gasteiger partial charge in [0.1, 0.15) is 5.69 Å². The monoisotopic (exact) mass is 299 g/mol. The number of nitrogens with one attached hydrogen (secondary N) is 1. The third kappa shape index (κ3) is 3.09. The molecular formula is C15H11N2O5-. The van der Waals surface area contributed by atoms with E-state index in [0.29, 0.717) is 0 Å². The number of nitro groups is 1. The van der Waals surface area contributed by atoms with Crippen molar-refractivity contribution in [2.45, 2.75) is 6.92 Å². The zero-order valence-corrected chi connectivity index (χ0v) is 11.5. The van der Waals surface area contributed by atoms with E-state index >= 15 is 0 Å². The molecule has 0 atom stereocenters. The van der Waals surface area contributed by atoms with E-state index in [2.05, 4.69) is 5.32 Å². The molecule has 0 aliphatic rings. The van der Waals surface area contributed by atoms with Gasteiger partial charge in [-0.2, -0.15) is 0 Å². The number of ketones is 1. The summed E-state index contributed by atoms with van der Waals surface area (Å²) in [6, 6.07) is 9.84. The zero-order chi connectivity index (χ0) is 16.3. The number of hydrogen-bond acceptors (Lipinski definition) is 6. The van der Waals surface area contributed by atoms with Crippen LogP contribution in [0.2, 0.25) is 0 Å². The first-order valence-corrected chi connectivity index (χ1v) is 6.27. The highest BCUT2D eigenvalue weighted by Gasteiger charge is 2.17. The van der Waals surface area contributed by atoms with Crippen LogP contribution in [-0.4, -0.2) is 16.7 Å². The Morgan fingerprint density at radius 3 is 2.36 bits per heavy atom. The fourth-order valence-corrected chi connectivity index (χ4v) is 1.92. The maximum atomic E-state index is 11.3. The number of nitrogens with zero attached hydrogens (tertiary/aromatic N) is 1. The van der Waals surface area contributed by atoms with Crippen molar-refractivity contribution in [1.29, 1.82) is 0 Å². The Balaban J connectivity index is 2.48. The van der Waals surface area contributed by atoms with Crippen LogP contribution < -0.4 is 10.4 Å². The van der Waals surface area contributed by atoms with Crippen molar-refractivity contribution in [1.82, 2.24) is 0 Å². The summed E-state index contributed by atoms with van der Waals surface area (Å²) in [7, 11) is 0. The summed E-state index contributed by atoms with van der Waals surface area (Å²) in [6.45, 7) is 1.30. The highest BCUT2D eigenvalue weighted by molar-refractivity contribution is 5.97. The molecule has 0 saturated heterocycles. The molecule has 0 aliphatic heterocycles. The van der Waals surface area contributed by atoms with Gasteiger partial charge in [-0.15, -0.1) is 0 Å². The first kappa shape index (κ1) is 15.2. The number of hydrogen-bond donors (Lipinski definition) is 1. The van der Waals surface area contributed by atoms with E-state index in [1.807, 2.05) is 0 Å². The molecular weight excluding hydrogens is 288 g/mol. The molecule has 112 valence electrons. The molecule has 0 spiro atoms. The second-order valence-electron chi connectivity index (χ2n) is 4.50. The summed E-state index contributed by atoms with van der Waals surface area (Å²) in [5.74, 6) is -1.70. The lowest BCUT2D eigenvalue weighted by atomic mass is 10.1. The fourth-order valence-electron chi connectivity index (χ4n) is 1.92. The molecule has 0 saturated carbocycles. The summed E-state index contributed by atoms with van der Waals surface area (Å²) in [4.78, 5) is 32.8. The molecule has 2 aromatic carbocycles. The molecule has 0 fully saturated rings. The average molecular weight is 299 g/mol. The number of Topliss-reactive ketones (excluding diaryl/α,β-unsaturated/α-hetero) is 1. The Morgan fingerprint density at radius 2 is 1.77 bits per heavy atom. The molecule has 0 heterocycles. The smallest absolute Gasteiger partial charge is 0.293 e. The standard InChI is InChI=1S/C15H12N2O5/c1-9(18)10-6-7-13(14(8-10)17(21)22)16-12-5-3-2-4-11(12)15(19)20/h2-8,16H,1H3,(H,19,20)/p-1. The minimum atomic E-state index is -1.40. The molecule has 2 aromatic rings. The molecule has 0 aromatic heterocycles. The van der Waals surface area contributed by atoms with Gasteiger partial charge in [-0.1, -0.05) is 18.2 Å². The number of rotatable bonds is 5. The maximum absolute atomic E-state index is 11.3. The molecule has 2 rings (SSSR count). The van der Waals surface area contributed by atoms with Crippen molar-refractivity contribution < 1.29 is 19.6 Å². The quantitative estimate of drug-likeness (QED) is 0.512. The lowest BCUT2D eigenvalue weighted by molar-refractivity contribution is -0.383. The van der Waals surface area contributed by atoms with Crippen molar-refractivity contribution in [2.75, 3.05) is 5.32 Å². The van der Waals surface area contributed by atoms with Crippen molar-refractivity contribution in [3.05, 3.63) is 63.7 Å². The third-order valence-corrected chi connectivity index (χ3v) is 3.02. The second-order valence-corrected chi connectivity index (χ2v) is 4.50. The van der Waals surface area contributed by atoms with Crippen LogP contribution >= 0.6 is 0 Å². The van der Waals surface area contributed by atoms with Gasteiger partial charge in [-0.3, -0.25) is 14.9 Å². The molecule has 22 heavy (non-hydrogen) atoms. The van der Waals surface area contributed by atoms with E-state index < -0.39 is 10.9 Å². The molecule has 0 amide bonds. The fraction of sp³-hybridized carbons (Fsp3) is 0.0667. The van der Waals surface area contributed by atoms with E-state index in [-0.39, 0.29) is 34.0 Å². The van der Waals surface area contributed by atoms with Crippen LogP contribution in [0.25, 0.3) is 0 Å². The van der Waals surface area contributed by atoms with E-state index in [4.69, 9.17) is 0 Å². The van der Waals surface area contributed by atoms with Gasteiger partial charge in [0.25, 0.3) is 5.69 Å². The molecule has 0 unspecified atom stereocenters. The number of para-hydroxylation sites is 1. The summed E-state index contributed by atoms with van der Waals surface area (Å²) < 4.78 is 0. The van der Waals surface area contributed by atoms with E-state index in [1.54, 1.807) is 6.07 Å². The van der Waals surface area contributed by atoms with Crippen molar-refractivity contribution in [3.63, 3.8) is 0 Å². The van der Waals surface area contributed by atoms with Crippen molar-refractivity contribution in [2.24, 2.45) is 0 Å². The lowest BCUT2D eigenvalue weighted by Gasteiger charge is -2.13. The van der Waals surface area contributed by atoms with Crippen LogP contribution in [0.1, 0.15) is 27.6 Å². The van der Waals surface area contributed by atoms with Crippen LogP contribution in [0, 0.1) is 10.1 Å². The topological polar surface area (TPSA) is 112 Å². The summed E-state index contributed by atoms with van der Waals surface area (Å²) in [5, 5.41) is 24.9. The van der Waals surface area contributed by atoms with Crippen molar-refractivity contribution >= 4 is 28.8 Å². The van der Waals surface area contributed by atoms with Crippen LogP contribution in [0.4, 0.5) is 17.1 Å². The zero-order valence-electron chi connectivity index (χ0n) is 11.5. The van der Waals surface area contributed by atoms with Gasteiger partial charge in [0.05, 0.1) is 10.9 Å². The minimum absolute atomic E-state index is 0.0868. The molecule has 7 nitrogen and oxygen atoms in total. The predicted octanol–water partition coefficient (Wildman–Crippen LogP) is 1.90. The lowest BCUT2D eigenvalue weighted by Crippen LogP contribution is -2.23. The number of carboxylic acid groups (broad SMARTS) is 1. The second kappa shape index (κ2) is 6.04. The van der Waals surface area contributed by atoms with E-state index in [9.17, 15) is 24.8 Å². The normalized spacial score (nSPS) is 10.0. The van der Waals surface area contributed by atoms with Crippen LogP contribution in [0.15, 0.2) is 42.5 Å². The van der Waals surface area contributed by atoms with Crippen LogP contribution in [-0.2, 0) is 0 Å². The maximum Gasteiger partial charge on any atom is 0.293 e. The Hall–Kier alpha value is -3.22. The van der Waals surface area contributed by atoms with Gasteiger partial charge in [0.2, 0.25) is 0 Å². The number of nitro benzene ring substituents is 1. The minimum Gasteiger partial charge on any atom is -0.545 e. The summed E-state index contributed by atoms with van der Waals surface area (Å²) >= 11 is 0. The van der Waals surface area contributed by atoms with Gasteiger partial charge in [-0.25, -0.2) is 0 Å². The number of benzene rings is 2. The number of anilines is 2. The Morgan fingerprint density at radius 1 is 1.09 bits per heavy atom. The molecule has 7 heteroatoms. The van der Waals surface area contributed by atoms with E-state index in [1.165, 1.54) is 37.3 Å². The van der Waals surface area contributed by atoms with Gasteiger partial charge < -0.3 is 15.2 Å². The summed E-state index contributed by atoms with van der Waals surface area (Å²) in [5.41, 5.74) is 0.0172. The highest BCUT2D eigenvalue weighted by Crippen LogP contribution is 2.30. The van der Waals surface area contributed by atoms with E-state index in [0.717, 1.165) is 6.07 Å². The van der Waals surface area contributed by atoms with Crippen molar-refractivity contribution in [3.8, 4) is 0 Å². The Kier molecular flexibility index (Phi) is 4.17. The highest BCUT2D eigenvalue weighted by atomic mass is 16.6. The molecule has 0 bridgehead atoms. The molecule has 1 N–H and O–H groups in total. The number of aromatic carboxylic acids is 1. The van der Waals surface area contributed by atoms with Crippen LogP contribution in [0.5, 0.6) is 0 Å². The van der Waals surface area contributed by atoms with Crippen LogP contribution in [0.3, 0.4) is 0 Å². The van der Waals surface area contributed by atoms with Gasteiger partial charge in [0.15, 0.2) is 5.78 Å². The first-order chi connectivity index (χ1) is 10.4. The summed E-state index contributed by atoms with van der Waals surface area (Å²) in [6.07, 6.45) is 0. The first-order valence-electron chi connectivity index (χ1n) is 6.27. The average Bonchev–Trinajstić information content (AvgIpc) is 2.47. The third-order valence-electron chi connectivity index (χ3n) is 3.02. The number of carbonyl (C=O) groups excluding carboxylic acids is 2. The molecule has 0 radical (unpaired) electrons. The predicted molar refractivity (Wildman–Crippen MR) is 77.2 cm³/mol. The molecule has 0 aliphatic carbocycles. The van der Waals surface area contributed by atoms with Gasteiger partial charge in [0, 0.05) is 22.9 Å². The number of carbonyl (C=O) groups is 2. The largest absolute Gasteiger partial charge is 0.545 e. The van der Waals surface area contributed by atoms with Gasteiger partial charge >= 0.3 is 0 Å². The van der Waals surface area contributed by atoms with Gasteiger partial charge in [-0.05, 0) is 25.1 Å². The Bertz CT molecular complexity index is 770.